The standard InChI is InChI=1S/C16H18BrNO2/c1-19-15-6-7-16(20-2)13(9-15)11-18-10-12-4-3-5-14(17)8-12/h3-9,18H,10-11H2,1-2H3. The van der Waals surface area contributed by atoms with Crippen molar-refractivity contribution in [3.8, 4) is 11.5 Å². The van der Waals surface area contributed by atoms with Gasteiger partial charge in [-0.25, -0.2) is 0 Å². The summed E-state index contributed by atoms with van der Waals surface area (Å²) in [7, 11) is 3.35. The molecule has 4 heteroatoms. The molecule has 2 aromatic rings. The number of benzene rings is 2. The van der Waals surface area contributed by atoms with E-state index in [1.165, 1.54) is 5.56 Å². The molecule has 0 radical (unpaired) electrons. The molecule has 2 aromatic carbocycles. The lowest BCUT2D eigenvalue weighted by molar-refractivity contribution is 0.397. The van der Waals surface area contributed by atoms with Gasteiger partial charge in [-0.05, 0) is 35.9 Å². The molecule has 0 atom stereocenters. The summed E-state index contributed by atoms with van der Waals surface area (Å²) < 4.78 is 11.7. The maximum atomic E-state index is 5.36. The van der Waals surface area contributed by atoms with E-state index in [1.54, 1.807) is 14.2 Å². The molecule has 0 aliphatic heterocycles. The molecular formula is C16H18BrNO2. The van der Waals surface area contributed by atoms with Crippen LogP contribution in [0, 0.1) is 0 Å². The summed E-state index contributed by atoms with van der Waals surface area (Å²) in [6.07, 6.45) is 0. The molecule has 0 unspecified atom stereocenters. The van der Waals surface area contributed by atoms with E-state index in [1.807, 2.05) is 30.3 Å². The summed E-state index contributed by atoms with van der Waals surface area (Å²) in [5.74, 6) is 1.71. The first-order chi connectivity index (χ1) is 9.72. The van der Waals surface area contributed by atoms with Gasteiger partial charge in [0.05, 0.1) is 14.2 Å². The Labute approximate surface area is 128 Å². The minimum absolute atomic E-state index is 0.729. The van der Waals surface area contributed by atoms with E-state index in [9.17, 15) is 0 Å². The third-order valence-electron chi connectivity index (χ3n) is 3.02. The summed E-state index contributed by atoms with van der Waals surface area (Å²) in [5, 5.41) is 3.41. The van der Waals surface area contributed by atoms with Crippen molar-refractivity contribution in [2.45, 2.75) is 13.1 Å². The van der Waals surface area contributed by atoms with Crippen LogP contribution in [0.25, 0.3) is 0 Å². The van der Waals surface area contributed by atoms with Gasteiger partial charge in [0.15, 0.2) is 0 Å². The first kappa shape index (κ1) is 14.9. The normalized spacial score (nSPS) is 10.3. The fourth-order valence-corrected chi connectivity index (χ4v) is 2.46. The SMILES string of the molecule is COc1ccc(OC)c(CNCc2cccc(Br)c2)c1. The lowest BCUT2D eigenvalue weighted by Gasteiger charge is -2.11. The second-order valence-corrected chi connectivity index (χ2v) is 5.33. The van der Waals surface area contributed by atoms with Gasteiger partial charge in [-0.15, -0.1) is 0 Å². The van der Waals surface area contributed by atoms with Gasteiger partial charge in [0.1, 0.15) is 11.5 Å². The second kappa shape index (κ2) is 7.31. The molecule has 0 bridgehead atoms. The van der Waals surface area contributed by atoms with Crippen LogP contribution in [0.1, 0.15) is 11.1 Å². The van der Waals surface area contributed by atoms with Crippen LogP contribution in [-0.2, 0) is 13.1 Å². The highest BCUT2D eigenvalue weighted by Crippen LogP contribution is 2.23. The van der Waals surface area contributed by atoms with Crippen LogP contribution in [0.3, 0.4) is 0 Å². The average Bonchev–Trinajstić information content (AvgIpc) is 2.47. The molecule has 0 aromatic heterocycles. The van der Waals surface area contributed by atoms with Crippen molar-refractivity contribution in [3.05, 3.63) is 58.1 Å². The molecule has 106 valence electrons. The van der Waals surface area contributed by atoms with Crippen molar-refractivity contribution in [1.29, 1.82) is 0 Å². The molecule has 0 amide bonds. The van der Waals surface area contributed by atoms with Crippen molar-refractivity contribution in [2.24, 2.45) is 0 Å². The van der Waals surface area contributed by atoms with Crippen LogP contribution in [-0.4, -0.2) is 14.2 Å². The fraction of sp³-hybridized carbons (Fsp3) is 0.250. The molecule has 3 nitrogen and oxygen atoms in total. The minimum Gasteiger partial charge on any atom is -0.497 e. The van der Waals surface area contributed by atoms with Crippen molar-refractivity contribution in [2.75, 3.05) is 14.2 Å². The van der Waals surface area contributed by atoms with Gasteiger partial charge in [-0.1, -0.05) is 28.1 Å². The molecule has 1 N–H and O–H groups in total. The quantitative estimate of drug-likeness (QED) is 0.871. The summed E-state index contributed by atoms with van der Waals surface area (Å²) in [5.41, 5.74) is 2.32. The summed E-state index contributed by atoms with van der Waals surface area (Å²) in [6, 6.07) is 14.1. The summed E-state index contributed by atoms with van der Waals surface area (Å²) in [4.78, 5) is 0. The Hall–Kier alpha value is -1.52. The van der Waals surface area contributed by atoms with Crippen LogP contribution in [0.5, 0.6) is 11.5 Å². The Balaban J connectivity index is 1.99. The van der Waals surface area contributed by atoms with Gasteiger partial charge < -0.3 is 14.8 Å². The molecule has 2 rings (SSSR count). The van der Waals surface area contributed by atoms with E-state index in [0.717, 1.165) is 34.6 Å². The number of rotatable bonds is 6. The predicted octanol–water partition coefficient (Wildman–Crippen LogP) is 3.76. The Morgan fingerprint density at radius 1 is 1.00 bits per heavy atom. The monoisotopic (exact) mass is 335 g/mol. The number of hydrogen-bond acceptors (Lipinski definition) is 3. The lowest BCUT2D eigenvalue weighted by Crippen LogP contribution is -2.13. The van der Waals surface area contributed by atoms with E-state index in [-0.39, 0.29) is 0 Å². The molecule has 0 spiro atoms. The summed E-state index contributed by atoms with van der Waals surface area (Å²) >= 11 is 3.48. The molecular weight excluding hydrogens is 318 g/mol. The molecule has 0 saturated heterocycles. The van der Waals surface area contributed by atoms with Crippen molar-refractivity contribution < 1.29 is 9.47 Å². The smallest absolute Gasteiger partial charge is 0.123 e. The largest absolute Gasteiger partial charge is 0.497 e. The first-order valence-corrected chi connectivity index (χ1v) is 7.18. The molecule has 0 heterocycles. The van der Waals surface area contributed by atoms with Gasteiger partial charge in [0, 0.05) is 23.1 Å². The van der Waals surface area contributed by atoms with Crippen molar-refractivity contribution >= 4 is 15.9 Å². The Morgan fingerprint density at radius 2 is 1.85 bits per heavy atom. The van der Waals surface area contributed by atoms with Crippen LogP contribution in [0.2, 0.25) is 0 Å². The fourth-order valence-electron chi connectivity index (χ4n) is 2.01. The number of halogens is 1. The predicted molar refractivity (Wildman–Crippen MR) is 84.2 cm³/mol. The minimum atomic E-state index is 0.729. The summed E-state index contributed by atoms with van der Waals surface area (Å²) in [6.45, 7) is 1.53. The number of ether oxygens (including phenoxy) is 2. The highest BCUT2D eigenvalue weighted by Gasteiger charge is 2.04. The maximum absolute atomic E-state index is 5.36. The lowest BCUT2D eigenvalue weighted by atomic mass is 10.1. The van der Waals surface area contributed by atoms with Gasteiger partial charge in [0.25, 0.3) is 0 Å². The van der Waals surface area contributed by atoms with E-state index in [4.69, 9.17) is 9.47 Å². The zero-order chi connectivity index (χ0) is 14.4. The van der Waals surface area contributed by atoms with Crippen LogP contribution in [0.4, 0.5) is 0 Å². The van der Waals surface area contributed by atoms with E-state index < -0.39 is 0 Å². The van der Waals surface area contributed by atoms with Gasteiger partial charge in [-0.3, -0.25) is 0 Å². The molecule has 0 aliphatic rings. The molecule has 0 saturated carbocycles. The van der Waals surface area contributed by atoms with Gasteiger partial charge in [0.2, 0.25) is 0 Å². The van der Waals surface area contributed by atoms with E-state index in [0.29, 0.717) is 0 Å². The molecule has 0 fully saturated rings. The topological polar surface area (TPSA) is 30.5 Å². The van der Waals surface area contributed by atoms with Crippen LogP contribution >= 0.6 is 15.9 Å². The average molecular weight is 336 g/mol. The Morgan fingerprint density at radius 3 is 2.55 bits per heavy atom. The maximum Gasteiger partial charge on any atom is 0.123 e. The number of nitrogens with one attached hydrogen (secondary N) is 1. The Kier molecular flexibility index (Phi) is 5.44. The van der Waals surface area contributed by atoms with Crippen LogP contribution in [0.15, 0.2) is 46.9 Å². The van der Waals surface area contributed by atoms with E-state index >= 15 is 0 Å². The highest BCUT2D eigenvalue weighted by molar-refractivity contribution is 9.10. The van der Waals surface area contributed by atoms with Gasteiger partial charge in [-0.2, -0.15) is 0 Å². The van der Waals surface area contributed by atoms with Crippen LogP contribution < -0.4 is 14.8 Å². The zero-order valence-corrected chi connectivity index (χ0v) is 13.2. The first-order valence-electron chi connectivity index (χ1n) is 6.39. The van der Waals surface area contributed by atoms with Crippen molar-refractivity contribution in [1.82, 2.24) is 5.32 Å². The van der Waals surface area contributed by atoms with Gasteiger partial charge >= 0.3 is 0 Å². The third kappa shape index (κ3) is 3.99. The highest BCUT2D eigenvalue weighted by atomic mass is 79.9. The Bertz CT molecular complexity index is 572. The molecule has 20 heavy (non-hydrogen) atoms. The number of methoxy groups -OCH3 is 2. The second-order valence-electron chi connectivity index (χ2n) is 4.41. The van der Waals surface area contributed by atoms with E-state index in [2.05, 4.69) is 33.4 Å². The molecule has 0 aliphatic carbocycles. The third-order valence-corrected chi connectivity index (χ3v) is 3.51. The number of hydrogen-bond donors (Lipinski definition) is 1. The zero-order valence-electron chi connectivity index (χ0n) is 11.7. The van der Waals surface area contributed by atoms with Crippen molar-refractivity contribution in [3.63, 3.8) is 0 Å².